The topological polar surface area (TPSA) is 73.2 Å². The van der Waals surface area contributed by atoms with Gasteiger partial charge < -0.3 is 19.0 Å². The SMILES string of the molecule is COCc1c(-c2ccno2)ncc2[nH]c3ccc(OCc4ccccc4)cc3c12. The molecule has 5 aromatic rings. The molecule has 0 aliphatic rings. The van der Waals surface area contributed by atoms with Gasteiger partial charge in [-0.3, -0.25) is 4.98 Å². The molecule has 2 aromatic carbocycles. The maximum Gasteiger partial charge on any atom is 0.185 e. The summed E-state index contributed by atoms with van der Waals surface area (Å²) >= 11 is 0. The molecule has 0 bridgehead atoms. The normalized spacial score (nSPS) is 11.3. The highest BCUT2D eigenvalue weighted by molar-refractivity contribution is 6.10. The van der Waals surface area contributed by atoms with Gasteiger partial charge in [0.2, 0.25) is 0 Å². The standard InChI is InChI=1S/C23H19N3O3/c1-27-14-18-22-17-11-16(28-13-15-5-3-2-4-6-15)7-8-19(17)26-20(22)12-24-23(18)21-9-10-25-29-21/h2-12,26H,13-14H2,1H3. The van der Waals surface area contributed by atoms with Crippen molar-refractivity contribution in [2.75, 3.05) is 7.11 Å². The van der Waals surface area contributed by atoms with E-state index in [0.29, 0.717) is 19.0 Å². The minimum atomic E-state index is 0.405. The number of aromatic nitrogens is 3. The van der Waals surface area contributed by atoms with Gasteiger partial charge in [0.05, 0.1) is 24.5 Å². The van der Waals surface area contributed by atoms with Gasteiger partial charge in [-0.25, -0.2) is 0 Å². The quantitative estimate of drug-likeness (QED) is 0.440. The lowest BCUT2D eigenvalue weighted by Crippen LogP contribution is -1.96. The lowest BCUT2D eigenvalue weighted by atomic mass is 10.0. The smallest absolute Gasteiger partial charge is 0.185 e. The average Bonchev–Trinajstić information content (AvgIpc) is 3.41. The molecule has 5 rings (SSSR count). The third kappa shape index (κ3) is 3.23. The van der Waals surface area contributed by atoms with E-state index in [1.54, 1.807) is 19.4 Å². The molecule has 0 atom stereocenters. The Hall–Kier alpha value is -3.64. The third-order valence-corrected chi connectivity index (χ3v) is 4.92. The van der Waals surface area contributed by atoms with Crippen LogP contribution in [-0.2, 0) is 18.0 Å². The predicted octanol–water partition coefficient (Wildman–Crippen LogP) is 5.10. The highest BCUT2D eigenvalue weighted by atomic mass is 16.5. The molecule has 144 valence electrons. The molecule has 0 saturated carbocycles. The number of hydrogen-bond donors (Lipinski definition) is 1. The molecule has 0 unspecified atom stereocenters. The van der Waals surface area contributed by atoms with Crippen LogP contribution in [0, 0.1) is 0 Å². The molecule has 0 saturated heterocycles. The Morgan fingerprint density at radius 3 is 2.69 bits per heavy atom. The van der Waals surface area contributed by atoms with Crippen molar-refractivity contribution in [2.24, 2.45) is 0 Å². The number of rotatable bonds is 6. The van der Waals surface area contributed by atoms with Crippen LogP contribution in [0.4, 0.5) is 0 Å². The van der Waals surface area contributed by atoms with Crippen molar-refractivity contribution < 1.29 is 14.0 Å². The van der Waals surface area contributed by atoms with E-state index in [1.807, 2.05) is 36.5 Å². The van der Waals surface area contributed by atoms with Gasteiger partial charge in [0, 0.05) is 35.0 Å². The van der Waals surface area contributed by atoms with E-state index in [0.717, 1.165) is 44.4 Å². The summed E-state index contributed by atoms with van der Waals surface area (Å²) in [5.74, 6) is 1.42. The van der Waals surface area contributed by atoms with E-state index >= 15 is 0 Å². The summed E-state index contributed by atoms with van der Waals surface area (Å²) < 4.78 is 16.9. The lowest BCUT2D eigenvalue weighted by Gasteiger charge is -2.09. The molecule has 0 spiro atoms. The van der Waals surface area contributed by atoms with Crippen LogP contribution in [0.2, 0.25) is 0 Å². The maximum atomic E-state index is 6.03. The van der Waals surface area contributed by atoms with Gasteiger partial charge in [0.1, 0.15) is 18.1 Å². The van der Waals surface area contributed by atoms with Crippen molar-refractivity contribution in [3.05, 3.63) is 78.1 Å². The number of aromatic amines is 1. The molecule has 6 heteroatoms. The summed E-state index contributed by atoms with van der Waals surface area (Å²) in [6.45, 7) is 0.924. The Kier molecular flexibility index (Phi) is 4.46. The first-order valence-corrected chi connectivity index (χ1v) is 9.33. The molecule has 0 aliphatic heterocycles. The molecular formula is C23H19N3O3. The summed E-state index contributed by atoms with van der Waals surface area (Å²) in [5.41, 5.74) is 4.77. The van der Waals surface area contributed by atoms with Crippen LogP contribution in [0.1, 0.15) is 11.1 Å². The van der Waals surface area contributed by atoms with Gasteiger partial charge in [-0.15, -0.1) is 0 Å². The second-order valence-corrected chi connectivity index (χ2v) is 6.79. The monoisotopic (exact) mass is 385 g/mol. The average molecular weight is 385 g/mol. The zero-order chi connectivity index (χ0) is 19.6. The summed E-state index contributed by atoms with van der Waals surface area (Å²) in [5, 5.41) is 5.92. The van der Waals surface area contributed by atoms with Crippen LogP contribution >= 0.6 is 0 Å². The van der Waals surface area contributed by atoms with E-state index in [4.69, 9.17) is 14.0 Å². The summed E-state index contributed by atoms with van der Waals surface area (Å²) in [7, 11) is 1.67. The zero-order valence-electron chi connectivity index (χ0n) is 15.9. The molecule has 3 heterocycles. The highest BCUT2D eigenvalue weighted by Gasteiger charge is 2.18. The van der Waals surface area contributed by atoms with Crippen LogP contribution < -0.4 is 4.74 Å². The molecule has 0 aliphatic carbocycles. The molecule has 0 amide bonds. The van der Waals surface area contributed by atoms with Crippen LogP contribution in [0.25, 0.3) is 33.3 Å². The number of nitrogens with zero attached hydrogens (tertiary/aromatic N) is 2. The maximum absolute atomic E-state index is 6.03. The number of benzene rings is 2. The van der Waals surface area contributed by atoms with Gasteiger partial charge in [0.15, 0.2) is 5.76 Å². The third-order valence-electron chi connectivity index (χ3n) is 4.92. The van der Waals surface area contributed by atoms with Crippen molar-refractivity contribution in [1.82, 2.24) is 15.1 Å². The summed E-state index contributed by atoms with van der Waals surface area (Å²) in [4.78, 5) is 8.02. The van der Waals surface area contributed by atoms with Crippen molar-refractivity contribution in [2.45, 2.75) is 13.2 Å². The molecule has 0 fully saturated rings. The summed E-state index contributed by atoms with van der Waals surface area (Å²) in [6.07, 6.45) is 3.43. The Balaban J connectivity index is 1.61. The fraction of sp³-hybridized carbons (Fsp3) is 0.130. The Labute approximate surface area is 167 Å². The minimum Gasteiger partial charge on any atom is -0.489 e. The Bertz CT molecular complexity index is 1260. The van der Waals surface area contributed by atoms with E-state index in [1.165, 1.54) is 0 Å². The highest BCUT2D eigenvalue weighted by Crippen LogP contribution is 2.35. The second kappa shape index (κ2) is 7.41. The second-order valence-electron chi connectivity index (χ2n) is 6.79. The van der Waals surface area contributed by atoms with Crippen LogP contribution in [0.5, 0.6) is 5.75 Å². The largest absolute Gasteiger partial charge is 0.489 e. The van der Waals surface area contributed by atoms with Crippen molar-refractivity contribution >= 4 is 21.8 Å². The first-order chi connectivity index (χ1) is 14.3. The number of fused-ring (bicyclic) bond motifs is 3. The van der Waals surface area contributed by atoms with Gasteiger partial charge in [0.25, 0.3) is 0 Å². The Morgan fingerprint density at radius 2 is 1.90 bits per heavy atom. The van der Waals surface area contributed by atoms with Gasteiger partial charge in [-0.05, 0) is 23.8 Å². The van der Waals surface area contributed by atoms with Crippen molar-refractivity contribution in [3.8, 4) is 17.2 Å². The number of H-pyrrole nitrogens is 1. The lowest BCUT2D eigenvalue weighted by molar-refractivity contribution is 0.186. The van der Waals surface area contributed by atoms with Crippen molar-refractivity contribution in [1.29, 1.82) is 0 Å². The van der Waals surface area contributed by atoms with Gasteiger partial charge >= 0.3 is 0 Å². The summed E-state index contributed by atoms with van der Waals surface area (Å²) in [6, 6.07) is 18.0. The van der Waals surface area contributed by atoms with E-state index in [2.05, 4.69) is 33.3 Å². The fourth-order valence-corrected chi connectivity index (χ4v) is 3.61. The van der Waals surface area contributed by atoms with Crippen LogP contribution in [-0.4, -0.2) is 22.2 Å². The predicted molar refractivity (Wildman–Crippen MR) is 111 cm³/mol. The molecule has 29 heavy (non-hydrogen) atoms. The number of methoxy groups -OCH3 is 1. The molecular weight excluding hydrogens is 366 g/mol. The molecule has 6 nitrogen and oxygen atoms in total. The van der Waals surface area contributed by atoms with E-state index in [9.17, 15) is 0 Å². The number of nitrogens with one attached hydrogen (secondary N) is 1. The fourth-order valence-electron chi connectivity index (χ4n) is 3.61. The zero-order valence-corrected chi connectivity index (χ0v) is 15.9. The number of ether oxygens (including phenoxy) is 2. The molecule has 1 N–H and O–H groups in total. The first kappa shape index (κ1) is 17.5. The Morgan fingerprint density at radius 1 is 1.00 bits per heavy atom. The van der Waals surface area contributed by atoms with E-state index in [-0.39, 0.29) is 0 Å². The first-order valence-electron chi connectivity index (χ1n) is 9.33. The number of hydrogen-bond acceptors (Lipinski definition) is 5. The minimum absolute atomic E-state index is 0.405. The van der Waals surface area contributed by atoms with Gasteiger partial charge in [-0.1, -0.05) is 35.5 Å². The van der Waals surface area contributed by atoms with Gasteiger partial charge in [-0.2, -0.15) is 0 Å². The molecule has 3 aromatic heterocycles. The molecule has 0 radical (unpaired) electrons. The van der Waals surface area contributed by atoms with E-state index < -0.39 is 0 Å². The van der Waals surface area contributed by atoms with Crippen LogP contribution in [0.3, 0.4) is 0 Å². The van der Waals surface area contributed by atoms with Crippen LogP contribution in [0.15, 0.2) is 71.5 Å². The number of pyridine rings is 1. The van der Waals surface area contributed by atoms with Crippen molar-refractivity contribution in [3.63, 3.8) is 0 Å².